The molecule has 0 aliphatic carbocycles. The Morgan fingerprint density at radius 1 is 1.13 bits per heavy atom. The Labute approximate surface area is 133 Å². The monoisotopic (exact) mass is 310 g/mol. The highest BCUT2D eigenvalue weighted by molar-refractivity contribution is 5.82. The van der Waals surface area contributed by atoms with Crippen molar-refractivity contribution in [2.75, 3.05) is 12.8 Å². The van der Waals surface area contributed by atoms with Crippen molar-refractivity contribution in [3.63, 3.8) is 0 Å². The summed E-state index contributed by atoms with van der Waals surface area (Å²) in [7, 11) is 1.42. The fraction of sp³-hybridized carbons (Fsp3) is 0.118. The van der Waals surface area contributed by atoms with Gasteiger partial charge in [0.15, 0.2) is 11.6 Å². The molecule has 0 saturated heterocycles. The second kappa shape index (κ2) is 6.00. The second-order valence-corrected chi connectivity index (χ2v) is 4.98. The number of benzene rings is 1. The fourth-order valence-corrected chi connectivity index (χ4v) is 2.47. The lowest BCUT2D eigenvalue weighted by Gasteiger charge is -2.13. The van der Waals surface area contributed by atoms with Crippen LogP contribution in [0.2, 0.25) is 0 Å². The zero-order valence-electron chi connectivity index (χ0n) is 12.7. The molecular formula is C17H15FN4O. The molecule has 0 unspecified atom stereocenters. The Bertz CT molecular complexity index is 853. The zero-order valence-corrected chi connectivity index (χ0v) is 12.7. The molecule has 3 rings (SSSR count). The van der Waals surface area contributed by atoms with Gasteiger partial charge >= 0.3 is 0 Å². The van der Waals surface area contributed by atoms with E-state index in [2.05, 4.69) is 15.0 Å². The van der Waals surface area contributed by atoms with E-state index in [0.29, 0.717) is 17.0 Å². The van der Waals surface area contributed by atoms with Gasteiger partial charge in [-0.1, -0.05) is 6.07 Å². The molecule has 2 heterocycles. The molecule has 116 valence electrons. The third kappa shape index (κ3) is 2.83. The smallest absolute Gasteiger partial charge is 0.220 e. The lowest BCUT2D eigenvalue weighted by molar-refractivity contribution is 0.386. The SMILES string of the molecule is COc1ccc(-c2nc(N)nc(C)c2-c2cccnc2)cc1F. The first-order valence-electron chi connectivity index (χ1n) is 6.98. The van der Waals surface area contributed by atoms with Gasteiger partial charge in [0.25, 0.3) is 0 Å². The Morgan fingerprint density at radius 2 is 1.96 bits per heavy atom. The molecule has 0 spiro atoms. The second-order valence-electron chi connectivity index (χ2n) is 4.98. The van der Waals surface area contributed by atoms with Crippen molar-refractivity contribution < 1.29 is 9.13 Å². The van der Waals surface area contributed by atoms with Crippen molar-refractivity contribution in [3.05, 3.63) is 54.2 Å². The Hall–Kier alpha value is -3.02. The number of nitrogens with two attached hydrogens (primary N) is 1. The van der Waals surface area contributed by atoms with Crippen LogP contribution in [0.3, 0.4) is 0 Å². The van der Waals surface area contributed by atoms with Gasteiger partial charge in [-0.25, -0.2) is 14.4 Å². The number of rotatable bonds is 3. The number of halogens is 1. The number of aryl methyl sites for hydroxylation is 1. The predicted molar refractivity (Wildman–Crippen MR) is 86.4 cm³/mol. The lowest BCUT2D eigenvalue weighted by Crippen LogP contribution is -2.03. The van der Waals surface area contributed by atoms with Crippen LogP contribution >= 0.6 is 0 Å². The van der Waals surface area contributed by atoms with E-state index in [9.17, 15) is 4.39 Å². The number of anilines is 1. The lowest BCUT2D eigenvalue weighted by atomic mass is 9.99. The first-order valence-corrected chi connectivity index (χ1v) is 6.98. The van der Waals surface area contributed by atoms with Gasteiger partial charge in [0.1, 0.15) is 0 Å². The van der Waals surface area contributed by atoms with E-state index in [-0.39, 0.29) is 11.7 Å². The molecule has 3 aromatic rings. The molecule has 2 N–H and O–H groups in total. The number of nitrogens with zero attached hydrogens (tertiary/aromatic N) is 3. The molecule has 0 bridgehead atoms. The summed E-state index contributed by atoms with van der Waals surface area (Å²) < 4.78 is 19.0. The van der Waals surface area contributed by atoms with Gasteiger partial charge in [0.05, 0.1) is 18.5 Å². The summed E-state index contributed by atoms with van der Waals surface area (Å²) in [6, 6.07) is 8.40. The van der Waals surface area contributed by atoms with Gasteiger partial charge in [-0.2, -0.15) is 0 Å². The summed E-state index contributed by atoms with van der Waals surface area (Å²) in [5.41, 5.74) is 9.26. The molecule has 0 amide bonds. The number of pyridine rings is 1. The quantitative estimate of drug-likeness (QED) is 0.804. The third-order valence-corrected chi connectivity index (χ3v) is 3.48. The molecule has 0 radical (unpaired) electrons. The molecule has 0 atom stereocenters. The summed E-state index contributed by atoms with van der Waals surface area (Å²) in [5, 5.41) is 0. The summed E-state index contributed by atoms with van der Waals surface area (Å²) in [5.74, 6) is -0.145. The third-order valence-electron chi connectivity index (χ3n) is 3.48. The van der Waals surface area contributed by atoms with Crippen molar-refractivity contribution in [1.82, 2.24) is 15.0 Å². The van der Waals surface area contributed by atoms with E-state index < -0.39 is 5.82 Å². The van der Waals surface area contributed by atoms with E-state index in [1.165, 1.54) is 13.2 Å². The first-order chi connectivity index (χ1) is 11.1. The minimum atomic E-state index is -0.461. The van der Waals surface area contributed by atoms with Gasteiger partial charge in [-0.05, 0) is 31.2 Å². The molecule has 0 aliphatic rings. The van der Waals surface area contributed by atoms with Crippen LogP contribution < -0.4 is 10.5 Å². The topological polar surface area (TPSA) is 73.9 Å². The van der Waals surface area contributed by atoms with Crippen molar-refractivity contribution in [1.29, 1.82) is 0 Å². The maximum Gasteiger partial charge on any atom is 0.220 e. The van der Waals surface area contributed by atoms with Crippen LogP contribution in [0.25, 0.3) is 22.4 Å². The highest BCUT2D eigenvalue weighted by atomic mass is 19.1. The van der Waals surface area contributed by atoms with Crippen LogP contribution in [-0.4, -0.2) is 22.1 Å². The molecule has 2 aromatic heterocycles. The number of hydrogen-bond acceptors (Lipinski definition) is 5. The van der Waals surface area contributed by atoms with E-state index in [1.54, 1.807) is 24.5 Å². The number of methoxy groups -OCH3 is 1. The average Bonchev–Trinajstić information content (AvgIpc) is 2.55. The van der Waals surface area contributed by atoms with Crippen LogP contribution in [0.1, 0.15) is 5.69 Å². The molecule has 5 nitrogen and oxygen atoms in total. The number of aromatic nitrogens is 3. The van der Waals surface area contributed by atoms with Crippen LogP contribution in [0.5, 0.6) is 5.75 Å². The summed E-state index contributed by atoms with van der Waals surface area (Å²) >= 11 is 0. The van der Waals surface area contributed by atoms with Crippen LogP contribution in [0.15, 0.2) is 42.7 Å². The minimum absolute atomic E-state index is 0.140. The van der Waals surface area contributed by atoms with Gasteiger partial charge in [-0.15, -0.1) is 0 Å². The van der Waals surface area contributed by atoms with E-state index >= 15 is 0 Å². The normalized spacial score (nSPS) is 10.6. The minimum Gasteiger partial charge on any atom is -0.494 e. The van der Waals surface area contributed by atoms with E-state index in [0.717, 1.165) is 11.1 Å². The molecule has 1 aromatic carbocycles. The summed E-state index contributed by atoms with van der Waals surface area (Å²) in [6.45, 7) is 1.84. The zero-order chi connectivity index (χ0) is 16.4. The van der Waals surface area contributed by atoms with Crippen molar-refractivity contribution in [2.24, 2.45) is 0 Å². The van der Waals surface area contributed by atoms with Crippen molar-refractivity contribution in [2.45, 2.75) is 6.92 Å². The van der Waals surface area contributed by atoms with E-state index in [1.807, 2.05) is 19.1 Å². The molecule has 0 fully saturated rings. The fourth-order valence-electron chi connectivity index (χ4n) is 2.47. The van der Waals surface area contributed by atoms with Crippen LogP contribution in [0, 0.1) is 12.7 Å². The highest BCUT2D eigenvalue weighted by Crippen LogP contribution is 2.34. The van der Waals surface area contributed by atoms with Gasteiger partial charge in [0, 0.05) is 29.1 Å². The molecule has 6 heteroatoms. The summed E-state index contributed by atoms with van der Waals surface area (Å²) in [6.07, 6.45) is 3.40. The molecule has 0 saturated carbocycles. The molecular weight excluding hydrogens is 295 g/mol. The Balaban J connectivity index is 2.25. The molecule has 23 heavy (non-hydrogen) atoms. The average molecular weight is 310 g/mol. The van der Waals surface area contributed by atoms with E-state index in [4.69, 9.17) is 10.5 Å². The van der Waals surface area contributed by atoms with Crippen LogP contribution in [0.4, 0.5) is 10.3 Å². The predicted octanol–water partition coefficient (Wildman–Crippen LogP) is 3.24. The summed E-state index contributed by atoms with van der Waals surface area (Å²) in [4.78, 5) is 12.6. The highest BCUT2D eigenvalue weighted by Gasteiger charge is 2.16. The van der Waals surface area contributed by atoms with Gasteiger partial charge in [-0.3, -0.25) is 4.98 Å². The first kappa shape index (κ1) is 14.9. The largest absolute Gasteiger partial charge is 0.494 e. The van der Waals surface area contributed by atoms with Crippen LogP contribution in [-0.2, 0) is 0 Å². The maximum absolute atomic E-state index is 14.1. The van der Waals surface area contributed by atoms with Gasteiger partial charge < -0.3 is 10.5 Å². The standard InChI is InChI=1S/C17H15FN4O/c1-10-15(12-4-3-7-20-9-12)16(22-17(19)21-10)11-5-6-14(23-2)13(18)8-11/h3-9H,1-2H3,(H2,19,21,22). The maximum atomic E-state index is 14.1. The number of nitrogen functional groups attached to an aromatic ring is 1. The number of ether oxygens (including phenoxy) is 1. The van der Waals surface area contributed by atoms with Gasteiger partial charge in [0.2, 0.25) is 5.95 Å². The molecule has 0 aliphatic heterocycles. The Kier molecular flexibility index (Phi) is 3.89. The Morgan fingerprint density at radius 3 is 2.61 bits per heavy atom. The van der Waals surface area contributed by atoms with Crippen molar-refractivity contribution in [3.8, 4) is 28.1 Å². The number of hydrogen-bond donors (Lipinski definition) is 1. The van der Waals surface area contributed by atoms with Crippen molar-refractivity contribution >= 4 is 5.95 Å².